The standard InChI is InChI=1S/C12H15NO/c1-3-4-7-10(2)12(14)11-8-5-6-9-13-11/h3-6,8-10H,7H2,1-2H3. The van der Waals surface area contributed by atoms with Gasteiger partial charge in [-0.1, -0.05) is 25.1 Å². The summed E-state index contributed by atoms with van der Waals surface area (Å²) in [6.07, 6.45) is 6.40. The van der Waals surface area contributed by atoms with Gasteiger partial charge in [0.05, 0.1) is 0 Å². The molecule has 2 nitrogen and oxygen atoms in total. The van der Waals surface area contributed by atoms with E-state index in [1.165, 1.54) is 0 Å². The molecule has 1 aromatic rings. The van der Waals surface area contributed by atoms with Crippen LogP contribution in [0.25, 0.3) is 0 Å². The fourth-order valence-electron chi connectivity index (χ4n) is 1.21. The molecular weight excluding hydrogens is 174 g/mol. The largest absolute Gasteiger partial charge is 0.292 e. The maximum atomic E-state index is 11.8. The first-order chi connectivity index (χ1) is 6.75. The molecule has 0 bridgehead atoms. The number of hydrogen-bond acceptors (Lipinski definition) is 2. The lowest BCUT2D eigenvalue weighted by atomic mass is 9.99. The highest BCUT2D eigenvalue weighted by Crippen LogP contribution is 2.10. The van der Waals surface area contributed by atoms with Crippen molar-refractivity contribution in [3.63, 3.8) is 0 Å². The second kappa shape index (κ2) is 5.32. The Morgan fingerprint density at radius 2 is 2.36 bits per heavy atom. The number of Topliss-reactive ketones (excluding diaryl/α,β-unsaturated/α-hetero) is 1. The molecule has 1 atom stereocenters. The smallest absolute Gasteiger partial charge is 0.184 e. The molecule has 0 aliphatic carbocycles. The lowest BCUT2D eigenvalue weighted by Gasteiger charge is -2.06. The van der Waals surface area contributed by atoms with Crippen LogP contribution >= 0.6 is 0 Å². The Bertz CT molecular complexity index is 316. The van der Waals surface area contributed by atoms with Crippen LogP contribution in [0.15, 0.2) is 36.5 Å². The number of ketones is 1. The molecule has 1 unspecified atom stereocenters. The predicted octanol–water partition coefficient (Wildman–Crippen LogP) is 2.87. The van der Waals surface area contributed by atoms with Crippen LogP contribution in [0.3, 0.4) is 0 Å². The van der Waals surface area contributed by atoms with Crippen LogP contribution in [-0.4, -0.2) is 10.8 Å². The third-order valence-electron chi connectivity index (χ3n) is 2.09. The minimum atomic E-state index is 0.0149. The normalized spacial score (nSPS) is 13.0. The van der Waals surface area contributed by atoms with Gasteiger partial charge in [-0.25, -0.2) is 0 Å². The summed E-state index contributed by atoms with van der Waals surface area (Å²) < 4.78 is 0. The summed E-state index contributed by atoms with van der Waals surface area (Å²) in [7, 11) is 0. The van der Waals surface area contributed by atoms with E-state index in [0.717, 1.165) is 6.42 Å². The van der Waals surface area contributed by atoms with Crippen molar-refractivity contribution in [2.75, 3.05) is 0 Å². The van der Waals surface area contributed by atoms with Gasteiger partial charge in [0.1, 0.15) is 5.69 Å². The molecule has 74 valence electrons. The zero-order valence-corrected chi connectivity index (χ0v) is 8.60. The van der Waals surface area contributed by atoms with Crippen LogP contribution in [0.4, 0.5) is 0 Å². The molecule has 14 heavy (non-hydrogen) atoms. The SMILES string of the molecule is CC=CCC(C)C(=O)c1ccccn1. The minimum Gasteiger partial charge on any atom is -0.292 e. The molecule has 1 aromatic heterocycles. The Morgan fingerprint density at radius 1 is 1.57 bits per heavy atom. The Hall–Kier alpha value is -1.44. The Morgan fingerprint density at radius 3 is 2.93 bits per heavy atom. The summed E-state index contributed by atoms with van der Waals surface area (Å²) in [4.78, 5) is 15.8. The minimum absolute atomic E-state index is 0.0149. The molecule has 1 rings (SSSR count). The van der Waals surface area contributed by atoms with Crippen LogP contribution in [-0.2, 0) is 0 Å². The van der Waals surface area contributed by atoms with Crippen molar-refractivity contribution in [3.8, 4) is 0 Å². The van der Waals surface area contributed by atoms with E-state index in [-0.39, 0.29) is 11.7 Å². The number of pyridine rings is 1. The van der Waals surface area contributed by atoms with Gasteiger partial charge in [-0.05, 0) is 25.5 Å². The molecule has 1 heterocycles. The summed E-state index contributed by atoms with van der Waals surface area (Å²) >= 11 is 0. The molecule has 0 radical (unpaired) electrons. The Balaban J connectivity index is 2.66. The van der Waals surface area contributed by atoms with Crippen LogP contribution < -0.4 is 0 Å². The van der Waals surface area contributed by atoms with Crippen molar-refractivity contribution in [2.45, 2.75) is 20.3 Å². The molecular formula is C12H15NO. The molecule has 0 N–H and O–H groups in total. The summed E-state index contributed by atoms with van der Waals surface area (Å²) in [5.41, 5.74) is 0.560. The highest BCUT2D eigenvalue weighted by atomic mass is 16.1. The van der Waals surface area contributed by atoms with Gasteiger partial charge >= 0.3 is 0 Å². The number of hydrogen-bond donors (Lipinski definition) is 0. The van der Waals surface area contributed by atoms with Crippen molar-refractivity contribution in [1.82, 2.24) is 4.98 Å². The van der Waals surface area contributed by atoms with E-state index in [4.69, 9.17) is 0 Å². The van der Waals surface area contributed by atoms with Crippen molar-refractivity contribution in [1.29, 1.82) is 0 Å². The summed E-state index contributed by atoms with van der Waals surface area (Å²) in [6, 6.07) is 5.41. The maximum Gasteiger partial charge on any atom is 0.184 e. The Kier molecular flexibility index (Phi) is 4.05. The van der Waals surface area contributed by atoms with Gasteiger partial charge < -0.3 is 0 Å². The number of carbonyl (C=O) groups is 1. The molecule has 0 fully saturated rings. The number of allylic oxidation sites excluding steroid dienone is 2. The van der Waals surface area contributed by atoms with Crippen molar-refractivity contribution in [2.24, 2.45) is 5.92 Å². The molecule has 0 aliphatic rings. The lowest BCUT2D eigenvalue weighted by Crippen LogP contribution is -2.11. The second-order valence-corrected chi connectivity index (χ2v) is 3.29. The van der Waals surface area contributed by atoms with Crippen molar-refractivity contribution >= 4 is 5.78 Å². The highest BCUT2D eigenvalue weighted by molar-refractivity contribution is 5.95. The zero-order valence-electron chi connectivity index (χ0n) is 8.60. The average Bonchev–Trinajstić information content (AvgIpc) is 2.26. The van der Waals surface area contributed by atoms with E-state index >= 15 is 0 Å². The van der Waals surface area contributed by atoms with Crippen molar-refractivity contribution in [3.05, 3.63) is 42.2 Å². The first-order valence-electron chi connectivity index (χ1n) is 4.82. The third-order valence-corrected chi connectivity index (χ3v) is 2.09. The first kappa shape index (κ1) is 10.6. The van der Waals surface area contributed by atoms with E-state index in [1.54, 1.807) is 12.3 Å². The first-order valence-corrected chi connectivity index (χ1v) is 4.82. The molecule has 2 heteroatoms. The number of aromatic nitrogens is 1. The van der Waals surface area contributed by atoms with Crippen LogP contribution in [0.5, 0.6) is 0 Å². The molecule has 0 saturated heterocycles. The maximum absolute atomic E-state index is 11.8. The third kappa shape index (κ3) is 2.80. The topological polar surface area (TPSA) is 30.0 Å². The quantitative estimate of drug-likeness (QED) is 0.538. The van der Waals surface area contributed by atoms with Gasteiger partial charge in [0.15, 0.2) is 5.78 Å². The van der Waals surface area contributed by atoms with Crippen LogP contribution in [0.2, 0.25) is 0 Å². The molecule has 0 spiro atoms. The summed E-state index contributed by atoms with van der Waals surface area (Å²) in [5, 5.41) is 0. The molecule has 0 saturated carbocycles. The van der Waals surface area contributed by atoms with Gasteiger partial charge in [0.25, 0.3) is 0 Å². The van der Waals surface area contributed by atoms with Crippen LogP contribution in [0, 0.1) is 5.92 Å². The van der Waals surface area contributed by atoms with Crippen LogP contribution in [0.1, 0.15) is 30.8 Å². The lowest BCUT2D eigenvalue weighted by molar-refractivity contribution is 0.0926. The Labute approximate surface area is 84.7 Å². The number of nitrogens with zero attached hydrogens (tertiary/aromatic N) is 1. The average molecular weight is 189 g/mol. The van der Waals surface area contributed by atoms with Gasteiger partial charge in [0.2, 0.25) is 0 Å². The zero-order chi connectivity index (χ0) is 10.4. The van der Waals surface area contributed by atoms with E-state index in [9.17, 15) is 4.79 Å². The molecule has 0 aliphatic heterocycles. The number of rotatable bonds is 4. The van der Waals surface area contributed by atoms with Gasteiger partial charge in [-0.3, -0.25) is 9.78 Å². The van der Waals surface area contributed by atoms with E-state index in [0.29, 0.717) is 5.69 Å². The van der Waals surface area contributed by atoms with E-state index in [2.05, 4.69) is 4.98 Å². The van der Waals surface area contributed by atoms with E-state index in [1.807, 2.05) is 38.1 Å². The molecule has 0 aromatic carbocycles. The van der Waals surface area contributed by atoms with E-state index < -0.39 is 0 Å². The second-order valence-electron chi connectivity index (χ2n) is 3.29. The predicted molar refractivity (Wildman–Crippen MR) is 57.2 cm³/mol. The van der Waals surface area contributed by atoms with Gasteiger partial charge in [-0.15, -0.1) is 0 Å². The van der Waals surface area contributed by atoms with Gasteiger partial charge in [0, 0.05) is 12.1 Å². The highest BCUT2D eigenvalue weighted by Gasteiger charge is 2.13. The fraction of sp³-hybridized carbons (Fsp3) is 0.333. The summed E-state index contributed by atoms with van der Waals surface area (Å²) in [5.74, 6) is 0.129. The van der Waals surface area contributed by atoms with Crippen molar-refractivity contribution < 1.29 is 4.79 Å². The number of carbonyl (C=O) groups excluding carboxylic acids is 1. The fourth-order valence-corrected chi connectivity index (χ4v) is 1.21. The summed E-state index contributed by atoms with van der Waals surface area (Å²) in [6.45, 7) is 3.88. The monoisotopic (exact) mass is 189 g/mol. The van der Waals surface area contributed by atoms with Gasteiger partial charge in [-0.2, -0.15) is 0 Å². The molecule has 0 amide bonds.